The van der Waals surface area contributed by atoms with E-state index in [1.165, 1.54) is 11.1 Å². The van der Waals surface area contributed by atoms with E-state index in [1.54, 1.807) is 0 Å². The molecule has 0 amide bonds. The van der Waals surface area contributed by atoms with Gasteiger partial charge in [-0.05, 0) is 36.2 Å². The average Bonchev–Trinajstić information content (AvgIpc) is 2.28. The second kappa shape index (κ2) is 5.72. The molecule has 4 N–H and O–H groups in total. The number of hydrogen-bond donors (Lipinski definition) is 3. The molecule has 100 valence electrons. The molecule has 0 radical (unpaired) electrons. The van der Waals surface area contributed by atoms with Crippen LogP contribution in [0.15, 0.2) is 18.2 Å². The van der Waals surface area contributed by atoms with Crippen molar-refractivity contribution in [3.63, 3.8) is 0 Å². The van der Waals surface area contributed by atoms with Crippen LogP contribution in [0.4, 0.5) is 18.9 Å². The van der Waals surface area contributed by atoms with Gasteiger partial charge in [-0.15, -0.1) is 0 Å². The van der Waals surface area contributed by atoms with Gasteiger partial charge in [-0.25, -0.2) is 4.79 Å². The van der Waals surface area contributed by atoms with Crippen LogP contribution in [0.3, 0.4) is 0 Å². The largest absolute Gasteiger partial charge is 0.490 e. The molecule has 0 unspecified atom stereocenters. The number of fused-ring (bicyclic) bond motifs is 1. The lowest BCUT2D eigenvalue weighted by Gasteiger charge is -2.16. The second-order valence-corrected chi connectivity index (χ2v) is 3.76. The number of benzene rings is 1. The first kappa shape index (κ1) is 14.3. The molecule has 0 saturated carbocycles. The number of rotatable bonds is 0. The summed E-state index contributed by atoms with van der Waals surface area (Å²) < 4.78 is 31.7. The Labute approximate surface area is 102 Å². The third kappa shape index (κ3) is 4.25. The van der Waals surface area contributed by atoms with Crippen LogP contribution in [-0.4, -0.2) is 23.8 Å². The van der Waals surface area contributed by atoms with E-state index in [-0.39, 0.29) is 0 Å². The van der Waals surface area contributed by atoms with Crippen LogP contribution in [0.1, 0.15) is 11.1 Å². The molecule has 1 aliphatic heterocycles. The molecule has 1 heterocycles. The first-order valence-corrected chi connectivity index (χ1v) is 5.19. The van der Waals surface area contributed by atoms with Gasteiger partial charge in [0.15, 0.2) is 0 Å². The highest BCUT2D eigenvalue weighted by Gasteiger charge is 2.38. The first-order valence-electron chi connectivity index (χ1n) is 5.19. The minimum atomic E-state index is -5.08. The molecular formula is C11H13F3N2O2. The third-order valence-electron chi connectivity index (χ3n) is 2.36. The quantitative estimate of drug-likeness (QED) is 0.620. The van der Waals surface area contributed by atoms with Gasteiger partial charge in [-0.2, -0.15) is 13.2 Å². The van der Waals surface area contributed by atoms with Crippen molar-refractivity contribution in [1.82, 2.24) is 5.32 Å². The van der Waals surface area contributed by atoms with Crippen molar-refractivity contribution >= 4 is 11.7 Å². The highest BCUT2D eigenvalue weighted by molar-refractivity contribution is 5.73. The Morgan fingerprint density at radius 2 is 1.94 bits per heavy atom. The molecular weight excluding hydrogens is 249 g/mol. The van der Waals surface area contributed by atoms with Gasteiger partial charge in [-0.3, -0.25) is 0 Å². The fourth-order valence-electron chi connectivity index (χ4n) is 1.50. The van der Waals surface area contributed by atoms with Crippen molar-refractivity contribution in [2.24, 2.45) is 0 Å². The van der Waals surface area contributed by atoms with Crippen LogP contribution in [-0.2, 0) is 17.8 Å². The molecule has 2 rings (SSSR count). The molecule has 1 aromatic carbocycles. The third-order valence-corrected chi connectivity index (χ3v) is 2.36. The maximum absolute atomic E-state index is 10.6. The molecule has 0 saturated heterocycles. The Kier molecular flexibility index (Phi) is 4.55. The summed E-state index contributed by atoms with van der Waals surface area (Å²) in [6.45, 7) is 2.08. The van der Waals surface area contributed by atoms with E-state index in [4.69, 9.17) is 15.6 Å². The summed E-state index contributed by atoms with van der Waals surface area (Å²) in [6, 6.07) is 6.15. The van der Waals surface area contributed by atoms with E-state index in [9.17, 15) is 13.2 Å². The summed E-state index contributed by atoms with van der Waals surface area (Å²) in [6.07, 6.45) is -3.97. The number of halogens is 3. The molecule has 7 heteroatoms. The number of nitrogens with one attached hydrogen (secondary N) is 1. The van der Waals surface area contributed by atoms with Gasteiger partial charge < -0.3 is 16.2 Å². The SMILES string of the molecule is Nc1ccc2c(c1)CCNC2.O=C(O)C(F)(F)F. The predicted octanol–water partition coefficient (Wildman–Crippen LogP) is 1.55. The number of aliphatic carboxylic acids is 1. The van der Waals surface area contributed by atoms with E-state index in [1.807, 2.05) is 6.07 Å². The van der Waals surface area contributed by atoms with Crippen LogP contribution in [0.25, 0.3) is 0 Å². The van der Waals surface area contributed by atoms with E-state index in [0.717, 1.165) is 25.2 Å². The zero-order chi connectivity index (χ0) is 13.8. The number of hydrogen-bond acceptors (Lipinski definition) is 3. The number of carboxylic acid groups (broad SMARTS) is 1. The van der Waals surface area contributed by atoms with Gasteiger partial charge in [0, 0.05) is 12.2 Å². The van der Waals surface area contributed by atoms with Gasteiger partial charge in [0.2, 0.25) is 0 Å². The fraction of sp³-hybridized carbons (Fsp3) is 0.364. The van der Waals surface area contributed by atoms with Crippen molar-refractivity contribution in [2.75, 3.05) is 12.3 Å². The molecule has 4 nitrogen and oxygen atoms in total. The van der Waals surface area contributed by atoms with Crippen molar-refractivity contribution in [3.05, 3.63) is 29.3 Å². The molecule has 18 heavy (non-hydrogen) atoms. The summed E-state index contributed by atoms with van der Waals surface area (Å²) in [7, 11) is 0. The zero-order valence-corrected chi connectivity index (χ0v) is 9.42. The molecule has 0 bridgehead atoms. The Morgan fingerprint density at radius 1 is 1.33 bits per heavy atom. The lowest BCUT2D eigenvalue weighted by Crippen LogP contribution is -2.23. The number of anilines is 1. The van der Waals surface area contributed by atoms with Crippen molar-refractivity contribution in [2.45, 2.75) is 19.1 Å². The number of carboxylic acids is 1. The van der Waals surface area contributed by atoms with Crippen LogP contribution in [0.5, 0.6) is 0 Å². The topological polar surface area (TPSA) is 75.3 Å². The number of nitrogen functional groups attached to an aromatic ring is 1. The Hall–Kier alpha value is -1.76. The summed E-state index contributed by atoms with van der Waals surface area (Å²) in [4.78, 5) is 8.90. The minimum absolute atomic E-state index is 0.880. The number of nitrogens with two attached hydrogens (primary N) is 1. The van der Waals surface area contributed by atoms with Gasteiger partial charge in [0.25, 0.3) is 0 Å². The van der Waals surface area contributed by atoms with Crippen LogP contribution >= 0.6 is 0 Å². The summed E-state index contributed by atoms with van der Waals surface area (Å²) in [5.41, 5.74) is 9.34. The van der Waals surface area contributed by atoms with Crippen LogP contribution < -0.4 is 11.1 Å². The van der Waals surface area contributed by atoms with E-state index in [0.29, 0.717) is 0 Å². The fourth-order valence-corrected chi connectivity index (χ4v) is 1.50. The Morgan fingerprint density at radius 3 is 2.50 bits per heavy atom. The van der Waals surface area contributed by atoms with Crippen molar-refractivity contribution in [3.8, 4) is 0 Å². The number of carbonyl (C=O) groups is 1. The molecule has 0 fully saturated rings. The molecule has 1 aromatic rings. The smallest absolute Gasteiger partial charge is 0.475 e. The van der Waals surface area contributed by atoms with Gasteiger partial charge in [-0.1, -0.05) is 6.07 Å². The Bertz CT molecular complexity index is 433. The van der Waals surface area contributed by atoms with Gasteiger partial charge >= 0.3 is 12.1 Å². The normalized spacial score (nSPS) is 14.2. The highest BCUT2D eigenvalue weighted by atomic mass is 19.4. The number of alkyl halides is 3. The lowest BCUT2D eigenvalue weighted by molar-refractivity contribution is -0.192. The molecule has 0 atom stereocenters. The monoisotopic (exact) mass is 262 g/mol. The zero-order valence-electron chi connectivity index (χ0n) is 9.42. The van der Waals surface area contributed by atoms with E-state index < -0.39 is 12.1 Å². The summed E-state index contributed by atoms with van der Waals surface area (Å²) >= 11 is 0. The summed E-state index contributed by atoms with van der Waals surface area (Å²) in [5, 5.41) is 10.4. The Balaban J connectivity index is 0.000000203. The van der Waals surface area contributed by atoms with E-state index >= 15 is 0 Å². The summed E-state index contributed by atoms with van der Waals surface area (Å²) in [5.74, 6) is -2.76. The first-order chi connectivity index (χ1) is 8.30. The maximum Gasteiger partial charge on any atom is 0.490 e. The van der Waals surface area contributed by atoms with E-state index in [2.05, 4.69) is 17.4 Å². The predicted molar refractivity (Wildman–Crippen MR) is 60.0 cm³/mol. The highest BCUT2D eigenvalue weighted by Crippen LogP contribution is 2.16. The van der Waals surface area contributed by atoms with Crippen molar-refractivity contribution < 1.29 is 23.1 Å². The molecule has 1 aliphatic rings. The van der Waals surface area contributed by atoms with Crippen molar-refractivity contribution in [1.29, 1.82) is 0 Å². The molecule has 0 spiro atoms. The molecule has 0 aliphatic carbocycles. The second-order valence-electron chi connectivity index (χ2n) is 3.76. The average molecular weight is 262 g/mol. The maximum atomic E-state index is 10.6. The van der Waals surface area contributed by atoms with Crippen LogP contribution in [0, 0.1) is 0 Å². The lowest BCUT2D eigenvalue weighted by atomic mass is 10.0. The van der Waals surface area contributed by atoms with Crippen LogP contribution in [0.2, 0.25) is 0 Å². The van der Waals surface area contributed by atoms with Gasteiger partial charge in [0.1, 0.15) is 0 Å². The van der Waals surface area contributed by atoms with Gasteiger partial charge in [0.05, 0.1) is 0 Å². The standard InChI is InChI=1S/C9H12N2.C2HF3O2/c10-9-2-1-8-6-11-4-3-7(8)5-9;3-2(4,5)1(6)7/h1-2,5,11H,3-4,6,10H2;(H,6,7). The minimum Gasteiger partial charge on any atom is -0.475 e. The molecule has 0 aromatic heterocycles.